The summed E-state index contributed by atoms with van der Waals surface area (Å²) in [6.07, 6.45) is 5.85. The van der Waals surface area contributed by atoms with Crippen LogP contribution in [0.4, 0.5) is 0 Å². The molecule has 1 heterocycles. The number of para-hydroxylation sites is 2. The Morgan fingerprint density at radius 1 is 1.10 bits per heavy atom. The average Bonchev–Trinajstić information content (AvgIpc) is 3.18. The van der Waals surface area contributed by atoms with Crippen molar-refractivity contribution in [2.75, 3.05) is 13.2 Å². The number of likely N-dealkylation sites (tertiary alicyclic amines) is 1. The number of aryl methyl sites for hydroxylation is 1. The van der Waals surface area contributed by atoms with Gasteiger partial charge in [-0.15, -0.1) is 0 Å². The van der Waals surface area contributed by atoms with Crippen LogP contribution < -0.4 is 9.47 Å². The van der Waals surface area contributed by atoms with Gasteiger partial charge < -0.3 is 14.4 Å². The van der Waals surface area contributed by atoms with Crippen LogP contribution in [0.3, 0.4) is 0 Å². The Bertz CT molecular complexity index is 862. The highest BCUT2D eigenvalue weighted by Crippen LogP contribution is 2.27. The summed E-state index contributed by atoms with van der Waals surface area (Å²) in [5.74, 6) is 2.26. The van der Waals surface area contributed by atoms with Crippen LogP contribution in [0.15, 0.2) is 66.7 Å². The zero-order valence-corrected chi connectivity index (χ0v) is 19.2. The first-order valence-corrected chi connectivity index (χ1v) is 11.4. The molecule has 166 valence electrons. The first kappa shape index (κ1) is 22.9. The number of nitrogens with zero attached hydrogens (tertiary/aromatic N) is 1. The lowest BCUT2D eigenvalue weighted by atomic mass is 9.96. The second-order valence-corrected chi connectivity index (χ2v) is 8.58. The molecule has 1 amide bonds. The second-order valence-electron chi connectivity index (χ2n) is 8.58. The summed E-state index contributed by atoms with van der Waals surface area (Å²) in [6.45, 7) is 9.44. The minimum atomic E-state index is -0.0148. The summed E-state index contributed by atoms with van der Waals surface area (Å²) in [6, 6.07) is 18.0. The molecule has 4 heteroatoms. The van der Waals surface area contributed by atoms with Gasteiger partial charge in [0, 0.05) is 12.3 Å². The normalized spacial score (nSPS) is 19.7. The van der Waals surface area contributed by atoms with Crippen LogP contribution in [-0.2, 0) is 11.2 Å². The molecule has 0 unspecified atom stereocenters. The molecular weight excluding hydrogens is 386 g/mol. The highest BCUT2D eigenvalue weighted by atomic mass is 16.5. The van der Waals surface area contributed by atoms with Crippen molar-refractivity contribution in [3.63, 3.8) is 0 Å². The van der Waals surface area contributed by atoms with E-state index in [1.807, 2.05) is 66.4 Å². The molecule has 0 spiro atoms. The number of rotatable bonds is 9. The van der Waals surface area contributed by atoms with Crippen LogP contribution in [-0.4, -0.2) is 36.1 Å². The third kappa shape index (κ3) is 6.13. The van der Waals surface area contributed by atoms with E-state index in [-0.39, 0.29) is 24.0 Å². The van der Waals surface area contributed by atoms with Crippen molar-refractivity contribution >= 4 is 5.91 Å². The molecule has 31 heavy (non-hydrogen) atoms. The summed E-state index contributed by atoms with van der Waals surface area (Å²) in [7, 11) is 0. The highest BCUT2D eigenvalue weighted by molar-refractivity contribution is 5.79. The van der Waals surface area contributed by atoms with Crippen molar-refractivity contribution in [2.24, 2.45) is 11.8 Å². The van der Waals surface area contributed by atoms with Crippen molar-refractivity contribution in [1.82, 2.24) is 4.90 Å². The van der Waals surface area contributed by atoms with Gasteiger partial charge in [0.2, 0.25) is 5.91 Å². The molecular formula is C27H35NO3. The van der Waals surface area contributed by atoms with Crippen molar-refractivity contribution in [3.8, 4) is 11.5 Å². The Balaban J connectivity index is 1.66. The number of hydrogen-bond acceptors (Lipinski definition) is 3. The molecule has 0 bridgehead atoms. The van der Waals surface area contributed by atoms with Gasteiger partial charge in [-0.3, -0.25) is 4.79 Å². The molecule has 2 aromatic carbocycles. The van der Waals surface area contributed by atoms with E-state index in [0.29, 0.717) is 19.1 Å². The van der Waals surface area contributed by atoms with Crippen molar-refractivity contribution in [1.29, 1.82) is 0 Å². The molecule has 1 fully saturated rings. The Morgan fingerprint density at radius 2 is 1.81 bits per heavy atom. The van der Waals surface area contributed by atoms with E-state index in [2.05, 4.69) is 32.9 Å². The number of carbonyl (C=O) groups excluding carboxylic acids is 1. The molecule has 0 radical (unpaired) electrons. The summed E-state index contributed by atoms with van der Waals surface area (Å²) in [5, 5.41) is 0. The Kier molecular flexibility index (Phi) is 8.16. The standard InChI is InChI=1S/C27H35NO3/c1-5-22-12-9-10-16-26(22)30-17-11-13-23-18-25(31-24-14-7-6-8-15-24)19-28(23)27(29)21(4)20(2)3/h6-16,20-21,23,25H,5,17-19H2,1-4H3/b13-11+/t21-,23+,25-/m0/s1. The van der Waals surface area contributed by atoms with Gasteiger partial charge in [0.15, 0.2) is 0 Å². The molecule has 1 aliphatic heterocycles. The second kappa shape index (κ2) is 11.0. The topological polar surface area (TPSA) is 38.8 Å². The third-order valence-electron chi connectivity index (χ3n) is 6.07. The molecule has 1 aliphatic rings. The molecule has 2 aromatic rings. The van der Waals surface area contributed by atoms with Gasteiger partial charge in [0.25, 0.3) is 0 Å². The van der Waals surface area contributed by atoms with Gasteiger partial charge in [0.1, 0.15) is 24.2 Å². The molecule has 3 rings (SSSR count). The highest BCUT2D eigenvalue weighted by Gasteiger charge is 2.37. The van der Waals surface area contributed by atoms with Crippen molar-refractivity contribution < 1.29 is 14.3 Å². The predicted octanol–water partition coefficient (Wildman–Crippen LogP) is 5.52. The monoisotopic (exact) mass is 421 g/mol. The summed E-state index contributed by atoms with van der Waals surface area (Å²) in [4.78, 5) is 15.1. The maximum Gasteiger partial charge on any atom is 0.226 e. The summed E-state index contributed by atoms with van der Waals surface area (Å²) < 4.78 is 12.1. The van der Waals surface area contributed by atoms with Crippen molar-refractivity contribution in [2.45, 2.75) is 52.7 Å². The first-order valence-electron chi connectivity index (χ1n) is 11.4. The zero-order valence-electron chi connectivity index (χ0n) is 19.2. The fraction of sp³-hybridized carbons (Fsp3) is 0.444. The van der Waals surface area contributed by atoms with E-state index in [4.69, 9.17) is 9.47 Å². The van der Waals surface area contributed by atoms with Gasteiger partial charge in [0.05, 0.1) is 12.6 Å². The lowest BCUT2D eigenvalue weighted by molar-refractivity contribution is -0.136. The van der Waals surface area contributed by atoms with Crippen LogP contribution in [0, 0.1) is 11.8 Å². The van der Waals surface area contributed by atoms with E-state index in [1.165, 1.54) is 5.56 Å². The van der Waals surface area contributed by atoms with Gasteiger partial charge in [-0.05, 0) is 42.2 Å². The SMILES string of the molecule is CCc1ccccc1OC/C=C/[C@@H]1C[C@H](Oc2ccccc2)CN1C(=O)[C@@H](C)C(C)C. The number of carbonyl (C=O) groups is 1. The Morgan fingerprint density at radius 3 is 2.52 bits per heavy atom. The molecule has 1 saturated heterocycles. The lowest BCUT2D eigenvalue weighted by Crippen LogP contribution is -2.40. The maximum atomic E-state index is 13.1. The van der Waals surface area contributed by atoms with Crippen LogP contribution in [0.5, 0.6) is 11.5 Å². The van der Waals surface area contributed by atoms with Gasteiger partial charge >= 0.3 is 0 Å². The molecule has 3 atom stereocenters. The molecule has 0 saturated carbocycles. The average molecular weight is 422 g/mol. The third-order valence-corrected chi connectivity index (χ3v) is 6.07. The molecule has 0 aliphatic carbocycles. The van der Waals surface area contributed by atoms with Crippen LogP contribution in [0.1, 0.15) is 39.7 Å². The van der Waals surface area contributed by atoms with Crippen LogP contribution in [0.25, 0.3) is 0 Å². The minimum absolute atomic E-state index is 0.0119. The quantitative estimate of drug-likeness (QED) is 0.500. The smallest absolute Gasteiger partial charge is 0.226 e. The summed E-state index contributed by atoms with van der Waals surface area (Å²) >= 11 is 0. The van der Waals surface area contributed by atoms with E-state index in [0.717, 1.165) is 24.3 Å². The number of hydrogen-bond donors (Lipinski definition) is 0. The van der Waals surface area contributed by atoms with E-state index < -0.39 is 0 Å². The van der Waals surface area contributed by atoms with Gasteiger partial charge in [-0.2, -0.15) is 0 Å². The molecule has 0 N–H and O–H groups in total. The molecule has 4 nitrogen and oxygen atoms in total. The van der Waals surface area contributed by atoms with Crippen LogP contribution in [0.2, 0.25) is 0 Å². The fourth-order valence-corrected chi connectivity index (χ4v) is 3.87. The Hall–Kier alpha value is -2.75. The Labute approximate surface area is 186 Å². The zero-order chi connectivity index (χ0) is 22.2. The lowest BCUT2D eigenvalue weighted by Gasteiger charge is -2.27. The summed E-state index contributed by atoms with van der Waals surface area (Å²) in [5.41, 5.74) is 1.20. The van der Waals surface area contributed by atoms with Crippen LogP contribution >= 0.6 is 0 Å². The van der Waals surface area contributed by atoms with E-state index in [9.17, 15) is 4.79 Å². The van der Waals surface area contributed by atoms with Gasteiger partial charge in [-0.25, -0.2) is 0 Å². The van der Waals surface area contributed by atoms with Gasteiger partial charge in [-0.1, -0.05) is 70.2 Å². The largest absolute Gasteiger partial charge is 0.489 e. The molecule has 0 aromatic heterocycles. The van der Waals surface area contributed by atoms with E-state index in [1.54, 1.807) is 0 Å². The van der Waals surface area contributed by atoms with E-state index >= 15 is 0 Å². The fourth-order valence-electron chi connectivity index (χ4n) is 3.87. The number of ether oxygens (including phenoxy) is 2. The maximum absolute atomic E-state index is 13.1. The predicted molar refractivity (Wildman–Crippen MR) is 125 cm³/mol. The van der Waals surface area contributed by atoms with Crippen molar-refractivity contribution in [3.05, 3.63) is 72.3 Å². The number of amides is 1. The minimum Gasteiger partial charge on any atom is -0.489 e. The first-order chi connectivity index (χ1) is 15.0. The number of benzene rings is 2.